The molecule has 0 N–H and O–H groups in total. The number of alkyl halides is 3. The van der Waals surface area contributed by atoms with Crippen LogP contribution in [0.1, 0.15) is 54.0 Å². The van der Waals surface area contributed by atoms with Crippen molar-refractivity contribution in [2.45, 2.75) is 64.5 Å². The highest BCUT2D eigenvalue weighted by atomic mass is 19.4. The summed E-state index contributed by atoms with van der Waals surface area (Å²) in [5.74, 6) is -1.25. The van der Waals surface area contributed by atoms with Gasteiger partial charge in [-0.2, -0.15) is 13.2 Å². The number of fused-ring (bicyclic) bond motifs is 1. The van der Waals surface area contributed by atoms with Gasteiger partial charge in [-0.05, 0) is 90.4 Å². The molecule has 4 aromatic rings. The molecule has 0 saturated carbocycles. The van der Waals surface area contributed by atoms with Crippen LogP contribution in [0.3, 0.4) is 0 Å². The third-order valence-corrected chi connectivity index (χ3v) is 7.04. The molecule has 0 heterocycles. The molecular formula is C33H32F6O. The summed E-state index contributed by atoms with van der Waals surface area (Å²) in [7, 11) is 0. The van der Waals surface area contributed by atoms with Crippen LogP contribution < -0.4 is 4.74 Å². The summed E-state index contributed by atoms with van der Waals surface area (Å²) in [6.07, 6.45) is 0.786. The van der Waals surface area contributed by atoms with Crippen molar-refractivity contribution in [1.82, 2.24) is 0 Å². The number of benzene rings is 4. The second-order valence-electron chi connectivity index (χ2n) is 10.1. The van der Waals surface area contributed by atoms with E-state index in [0.717, 1.165) is 30.4 Å². The largest absolute Gasteiger partial charge is 0.484 e. The molecule has 0 aliphatic heterocycles. The first-order valence-corrected chi connectivity index (χ1v) is 13.6. The number of halogens is 6. The first kappa shape index (κ1) is 29.5. The lowest BCUT2D eigenvalue weighted by atomic mass is 9.96. The Hall–Kier alpha value is -3.48. The second kappa shape index (κ2) is 13.2. The Bertz CT molecular complexity index is 1400. The molecule has 40 heavy (non-hydrogen) atoms. The Morgan fingerprint density at radius 2 is 1.32 bits per heavy atom. The van der Waals surface area contributed by atoms with Crippen molar-refractivity contribution in [2.75, 3.05) is 6.61 Å². The summed E-state index contributed by atoms with van der Waals surface area (Å²) >= 11 is 0. The summed E-state index contributed by atoms with van der Waals surface area (Å²) in [5, 5.41) is 1.17. The first-order valence-electron chi connectivity index (χ1n) is 13.6. The summed E-state index contributed by atoms with van der Waals surface area (Å²) in [6.45, 7) is 0.732. The van der Waals surface area contributed by atoms with Gasteiger partial charge < -0.3 is 4.74 Å². The van der Waals surface area contributed by atoms with Gasteiger partial charge in [-0.3, -0.25) is 0 Å². The number of unbranched alkanes of at least 4 members (excludes halogenated alkanes) is 2. The molecule has 4 aromatic carbocycles. The zero-order chi connectivity index (χ0) is 28.7. The SMILES string of the molecule is CCCCCc1cc(F)c(CCc2ccc3c(F)c(CCc4ccc(OCC(F)(F)F)cc4)ccc3c2)c(F)c1. The number of hydrogen-bond acceptors (Lipinski definition) is 1. The van der Waals surface area contributed by atoms with E-state index in [1.54, 1.807) is 30.3 Å². The Kier molecular flexibility index (Phi) is 9.77. The molecule has 0 fully saturated rings. The van der Waals surface area contributed by atoms with Gasteiger partial charge in [-0.15, -0.1) is 0 Å². The third kappa shape index (κ3) is 8.03. The Morgan fingerprint density at radius 1 is 0.650 bits per heavy atom. The van der Waals surface area contributed by atoms with Crippen LogP contribution in [0.25, 0.3) is 10.8 Å². The van der Waals surface area contributed by atoms with Gasteiger partial charge in [0.1, 0.15) is 23.2 Å². The standard InChI is InChI=1S/C33H32F6O/c1-2-3-4-5-24-19-30(34)29(31(35)20-24)17-10-23-9-16-28-26(18-23)13-12-25(32(28)36)11-6-22-7-14-27(15-8-22)40-21-33(37,38)39/h7-9,12-16,18-20H,2-6,10-11,17,21H2,1H3. The van der Waals surface area contributed by atoms with Crippen molar-refractivity contribution in [3.63, 3.8) is 0 Å². The normalized spacial score (nSPS) is 11.8. The minimum Gasteiger partial charge on any atom is -0.484 e. The zero-order valence-electron chi connectivity index (χ0n) is 22.4. The number of ether oxygens (including phenoxy) is 1. The van der Waals surface area contributed by atoms with Gasteiger partial charge in [0, 0.05) is 10.9 Å². The zero-order valence-corrected chi connectivity index (χ0v) is 22.4. The summed E-state index contributed by atoms with van der Waals surface area (Å²) in [4.78, 5) is 0. The van der Waals surface area contributed by atoms with Gasteiger partial charge in [0.25, 0.3) is 0 Å². The highest BCUT2D eigenvalue weighted by Gasteiger charge is 2.28. The fourth-order valence-electron chi connectivity index (χ4n) is 4.82. The molecule has 212 valence electrons. The van der Waals surface area contributed by atoms with E-state index in [-0.39, 0.29) is 23.6 Å². The molecule has 0 unspecified atom stereocenters. The van der Waals surface area contributed by atoms with Crippen LogP contribution >= 0.6 is 0 Å². The molecule has 1 nitrogen and oxygen atoms in total. The molecular weight excluding hydrogens is 526 g/mol. The highest BCUT2D eigenvalue weighted by molar-refractivity contribution is 5.84. The van der Waals surface area contributed by atoms with Crippen LogP contribution in [0.15, 0.2) is 66.7 Å². The Balaban J connectivity index is 1.37. The van der Waals surface area contributed by atoms with Crippen LogP contribution in [0.5, 0.6) is 5.75 Å². The maximum Gasteiger partial charge on any atom is 0.422 e. The minimum absolute atomic E-state index is 0.0702. The van der Waals surface area contributed by atoms with Crippen molar-refractivity contribution < 1.29 is 31.1 Å². The van der Waals surface area contributed by atoms with Crippen molar-refractivity contribution in [3.8, 4) is 5.75 Å². The third-order valence-electron chi connectivity index (χ3n) is 7.04. The minimum atomic E-state index is -4.40. The van der Waals surface area contributed by atoms with Gasteiger partial charge in [0.2, 0.25) is 0 Å². The molecule has 0 atom stereocenters. The molecule has 4 rings (SSSR count). The lowest BCUT2D eigenvalue weighted by Gasteiger charge is -2.11. The monoisotopic (exact) mass is 558 g/mol. The maximum absolute atomic E-state index is 15.3. The fraction of sp³-hybridized carbons (Fsp3) is 0.333. The lowest BCUT2D eigenvalue weighted by molar-refractivity contribution is -0.153. The summed E-state index contributed by atoms with van der Waals surface area (Å²) in [5.41, 5.74) is 2.98. The summed E-state index contributed by atoms with van der Waals surface area (Å²) < 4.78 is 86.1. The van der Waals surface area contributed by atoms with Crippen molar-refractivity contribution in [3.05, 3.63) is 112 Å². The van der Waals surface area contributed by atoms with Gasteiger partial charge >= 0.3 is 6.18 Å². The summed E-state index contributed by atoms with van der Waals surface area (Å²) in [6, 6.07) is 18.0. The maximum atomic E-state index is 15.3. The van der Waals surface area contributed by atoms with Gasteiger partial charge in [0.15, 0.2) is 6.61 Å². The van der Waals surface area contributed by atoms with E-state index in [1.807, 2.05) is 12.1 Å². The van der Waals surface area contributed by atoms with E-state index in [4.69, 9.17) is 4.74 Å². The van der Waals surface area contributed by atoms with Crippen LogP contribution in [0, 0.1) is 17.5 Å². The average molecular weight is 559 g/mol. The van der Waals surface area contributed by atoms with Crippen molar-refractivity contribution in [1.29, 1.82) is 0 Å². The lowest BCUT2D eigenvalue weighted by Crippen LogP contribution is -2.19. The topological polar surface area (TPSA) is 9.23 Å². The Morgan fingerprint density at radius 3 is 2.00 bits per heavy atom. The molecule has 0 spiro atoms. The number of rotatable bonds is 12. The van der Waals surface area contributed by atoms with E-state index in [2.05, 4.69) is 6.92 Å². The van der Waals surface area contributed by atoms with E-state index in [0.29, 0.717) is 47.6 Å². The first-order chi connectivity index (χ1) is 19.1. The predicted octanol–water partition coefficient (Wildman–Crippen LogP) is 9.50. The van der Waals surface area contributed by atoms with E-state index in [9.17, 15) is 22.0 Å². The molecule has 7 heteroatoms. The quantitative estimate of drug-likeness (QED) is 0.124. The van der Waals surface area contributed by atoms with Crippen LogP contribution in [-0.4, -0.2) is 12.8 Å². The van der Waals surface area contributed by atoms with Crippen molar-refractivity contribution in [2.24, 2.45) is 0 Å². The highest BCUT2D eigenvalue weighted by Crippen LogP contribution is 2.26. The van der Waals surface area contributed by atoms with Gasteiger partial charge in [-0.25, -0.2) is 13.2 Å². The number of aryl methyl sites for hydroxylation is 4. The molecule has 0 bridgehead atoms. The molecule has 0 aromatic heterocycles. The predicted molar refractivity (Wildman–Crippen MR) is 146 cm³/mol. The molecule has 0 aliphatic rings. The van der Waals surface area contributed by atoms with Crippen molar-refractivity contribution >= 4 is 10.8 Å². The van der Waals surface area contributed by atoms with Crippen LogP contribution in [-0.2, 0) is 32.1 Å². The smallest absolute Gasteiger partial charge is 0.422 e. The molecule has 0 aliphatic carbocycles. The average Bonchev–Trinajstić information content (AvgIpc) is 2.91. The van der Waals surface area contributed by atoms with E-state index in [1.165, 1.54) is 24.3 Å². The number of hydrogen-bond donors (Lipinski definition) is 0. The van der Waals surface area contributed by atoms with Gasteiger partial charge in [-0.1, -0.05) is 62.2 Å². The van der Waals surface area contributed by atoms with Gasteiger partial charge in [0.05, 0.1) is 0 Å². The Labute approximate surface area is 230 Å². The molecule has 0 saturated heterocycles. The molecule has 0 amide bonds. The second-order valence-corrected chi connectivity index (χ2v) is 10.1. The van der Waals surface area contributed by atoms with E-state index < -0.39 is 24.4 Å². The molecule has 0 radical (unpaired) electrons. The van der Waals surface area contributed by atoms with E-state index >= 15 is 4.39 Å². The van der Waals surface area contributed by atoms with Crippen LogP contribution in [0.2, 0.25) is 0 Å². The fourth-order valence-corrected chi connectivity index (χ4v) is 4.82. The van der Waals surface area contributed by atoms with Crippen LogP contribution in [0.4, 0.5) is 26.3 Å².